The fourth-order valence-corrected chi connectivity index (χ4v) is 4.60. The maximum Gasteiger partial charge on any atom is 0.319 e. The van der Waals surface area contributed by atoms with E-state index in [9.17, 15) is 29.3 Å². The Bertz CT molecular complexity index is 1290. The molecule has 1 fully saturated rings. The quantitative estimate of drug-likeness (QED) is 0.306. The Morgan fingerprint density at radius 1 is 1.25 bits per heavy atom. The average Bonchev–Trinajstić information content (AvgIpc) is 3.13. The van der Waals surface area contributed by atoms with Gasteiger partial charge < -0.3 is 15.5 Å². The first-order chi connectivity index (χ1) is 17.0. The molecule has 0 saturated carbocycles. The van der Waals surface area contributed by atoms with Gasteiger partial charge in [0.15, 0.2) is 0 Å². The number of urea groups is 1. The summed E-state index contributed by atoms with van der Waals surface area (Å²) in [6.45, 7) is 4.07. The lowest BCUT2D eigenvalue weighted by atomic mass is 10.0. The third kappa shape index (κ3) is 5.01. The predicted octanol–water partition coefficient (Wildman–Crippen LogP) is 3.45. The van der Waals surface area contributed by atoms with Crippen LogP contribution < -0.4 is 16.0 Å². The van der Waals surface area contributed by atoms with E-state index in [0.29, 0.717) is 22.4 Å². The van der Waals surface area contributed by atoms with Crippen LogP contribution in [0, 0.1) is 10.1 Å². The third-order valence-electron chi connectivity index (χ3n) is 6.23. The lowest BCUT2D eigenvalue weighted by molar-refractivity contribution is -0.384. The topological polar surface area (TPSA) is 151 Å². The molecule has 1 saturated heterocycles. The van der Waals surface area contributed by atoms with E-state index in [1.54, 1.807) is 18.2 Å². The van der Waals surface area contributed by atoms with E-state index >= 15 is 0 Å². The van der Waals surface area contributed by atoms with Crippen molar-refractivity contribution in [2.75, 3.05) is 5.32 Å². The van der Waals surface area contributed by atoms with E-state index in [1.165, 1.54) is 17.0 Å². The predicted molar refractivity (Wildman–Crippen MR) is 131 cm³/mol. The number of piperidine rings is 1. The molecule has 1 atom stereocenters. The summed E-state index contributed by atoms with van der Waals surface area (Å²) in [6.07, 6.45) is 0.462. The lowest BCUT2D eigenvalue weighted by Crippen LogP contribution is -2.52. The molecule has 2 aromatic carbocycles. The van der Waals surface area contributed by atoms with Gasteiger partial charge in [0.2, 0.25) is 11.8 Å². The molecule has 12 heteroatoms. The van der Waals surface area contributed by atoms with Crippen molar-refractivity contribution in [1.82, 2.24) is 15.5 Å². The summed E-state index contributed by atoms with van der Waals surface area (Å²) in [7, 11) is 0. The number of nitro groups is 1. The van der Waals surface area contributed by atoms with Crippen molar-refractivity contribution < 1.29 is 24.1 Å². The highest BCUT2D eigenvalue weighted by atomic mass is 35.5. The lowest BCUT2D eigenvalue weighted by Gasteiger charge is -2.29. The maximum atomic E-state index is 13.0. The van der Waals surface area contributed by atoms with Crippen LogP contribution in [0.25, 0.3) is 0 Å². The standard InChI is InChI=1S/C24H24ClN5O6/c1-12(2)15-8-20(30(35)36)17(25)9-18(15)27-24(34)26-10-13-3-4-14-11-29(23(33)16(14)7-13)19-5-6-21(31)28-22(19)32/h3-4,7-9,12,19H,5-6,10-11H2,1-2H3,(H2,26,27,34)(H,28,31,32). The van der Waals surface area contributed by atoms with Crippen molar-refractivity contribution in [1.29, 1.82) is 0 Å². The third-order valence-corrected chi connectivity index (χ3v) is 6.53. The number of amides is 5. The molecule has 11 nitrogen and oxygen atoms in total. The first-order valence-corrected chi connectivity index (χ1v) is 11.7. The van der Waals surface area contributed by atoms with Crippen molar-refractivity contribution in [3.63, 3.8) is 0 Å². The minimum atomic E-state index is -0.696. The normalized spacial score (nSPS) is 17.2. The van der Waals surface area contributed by atoms with Gasteiger partial charge in [0.1, 0.15) is 11.1 Å². The molecule has 0 spiro atoms. The zero-order chi connectivity index (χ0) is 26.1. The van der Waals surface area contributed by atoms with Gasteiger partial charge in [0.05, 0.1) is 4.92 Å². The molecule has 0 radical (unpaired) electrons. The molecule has 2 aromatic rings. The summed E-state index contributed by atoms with van der Waals surface area (Å²) >= 11 is 6.02. The highest BCUT2D eigenvalue weighted by Crippen LogP contribution is 2.35. The molecule has 0 aromatic heterocycles. The van der Waals surface area contributed by atoms with Gasteiger partial charge in [-0.25, -0.2) is 4.79 Å². The molecule has 2 aliphatic heterocycles. The Hall–Kier alpha value is -3.99. The zero-order valence-electron chi connectivity index (χ0n) is 19.6. The van der Waals surface area contributed by atoms with Crippen LogP contribution in [0.5, 0.6) is 0 Å². The number of rotatable bonds is 6. The second-order valence-electron chi connectivity index (χ2n) is 9.00. The molecule has 0 bridgehead atoms. The fourth-order valence-electron chi connectivity index (χ4n) is 4.36. The molecule has 1 unspecified atom stereocenters. The maximum absolute atomic E-state index is 13.0. The first-order valence-electron chi connectivity index (χ1n) is 11.3. The van der Waals surface area contributed by atoms with Crippen LogP contribution in [0.3, 0.4) is 0 Å². The van der Waals surface area contributed by atoms with Crippen molar-refractivity contribution in [2.45, 2.75) is 51.7 Å². The number of carbonyl (C=O) groups excluding carboxylic acids is 4. The Labute approximate surface area is 211 Å². The summed E-state index contributed by atoms with van der Waals surface area (Å²) < 4.78 is 0. The van der Waals surface area contributed by atoms with Gasteiger partial charge in [0.25, 0.3) is 11.6 Å². The van der Waals surface area contributed by atoms with E-state index in [1.807, 2.05) is 13.8 Å². The van der Waals surface area contributed by atoms with Gasteiger partial charge in [0, 0.05) is 36.8 Å². The zero-order valence-corrected chi connectivity index (χ0v) is 20.3. The number of anilines is 1. The number of nitro benzene ring substituents is 1. The second kappa shape index (κ2) is 9.94. The highest BCUT2D eigenvalue weighted by molar-refractivity contribution is 6.33. The van der Waals surface area contributed by atoms with Crippen LogP contribution in [-0.2, 0) is 22.7 Å². The SMILES string of the molecule is CC(C)c1cc([N+](=O)[O-])c(Cl)cc1NC(=O)NCc1ccc2c(c1)C(=O)N(C1CCC(=O)NC1=O)C2. The van der Waals surface area contributed by atoms with Gasteiger partial charge in [-0.3, -0.25) is 29.8 Å². The van der Waals surface area contributed by atoms with Crippen molar-refractivity contribution in [3.05, 3.63) is 67.7 Å². The fraction of sp³-hybridized carbons (Fsp3) is 0.333. The first kappa shape index (κ1) is 25.1. The Balaban J connectivity index is 1.42. The molecular weight excluding hydrogens is 490 g/mol. The summed E-state index contributed by atoms with van der Waals surface area (Å²) in [5.41, 5.74) is 2.58. The average molecular weight is 514 g/mol. The molecular formula is C24H24ClN5O6. The van der Waals surface area contributed by atoms with Crippen LogP contribution in [0.2, 0.25) is 5.02 Å². The highest BCUT2D eigenvalue weighted by Gasteiger charge is 2.39. The number of fused-ring (bicyclic) bond motifs is 1. The van der Waals surface area contributed by atoms with Crippen LogP contribution >= 0.6 is 11.6 Å². The van der Waals surface area contributed by atoms with Crippen molar-refractivity contribution in [2.24, 2.45) is 0 Å². The van der Waals surface area contributed by atoms with E-state index < -0.39 is 22.9 Å². The Kier molecular flexibility index (Phi) is 6.93. The number of carbonyl (C=O) groups is 4. The minimum absolute atomic E-state index is 0.0857. The van der Waals surface area contributed by atoms with Gasteiger partial charge in [-0.05, 0) is 41.2 Å². The summed E-state index contributed by atoms with van der Waals surface area (Å²) in [5.74, 6) is -1.22. The summed E-state index contributed by atoms with van der Waals surface area (Å²) in [5, 5.41) is 18.8. The molecule has 3 N–H and O–H groups in total. The monoisotopic (exact) mass is 513 g/mol. The van der Waals surface area contributed by atoms with Gasteiger partial charge >= 0.3 is 6.03 Å². The Morgan fingerprint density at radius 3 is 2.67 bits per heavy atom. The van der Waals surface area contributed by atoms with E-state index in [0.717, 1.165) is 5.56 Å². The van der Waals surface area contributed by atoms with Crippen LogP contribution in [0.15, 0.2) is 30.3 Å². The Morgan fingerprint density at radius 2 is 2.00 bits per heavy atom. The number of nitrogens with zero attached hydrogens (tertiary/aromatic N) is 2. The van der Waals surface area contributed by atoms with Crippen LogP contribution in [0.1, 0.15) is 59.7 Å². The summed E-state index contributed by atoms with van der Waals surface area (Å²) in [4.78, 5) is 61.2. The van der Waals surface area contributed by atoms with E-state index in [2.05, 4.69) is 16.0 Å². The smallest absolute Gasteiger partial charge is 0.319 e. The molecule has 188 valence electrons. The molecule has 4 rings (SSSR count). The van der Waals surface area contributed by atoms with E-state index in [-0.39, 0.29) is 54.4 Å². The molecule has 2 aliphatic rings. The number of benzene rings is 2. The number of imide groups is 1. The second-order valence-corrected chi connectivity index (χ2v) is 9.41. The minimum Gasteiger partial charge on any atom is -0.334 e. The molecule has 2 heterocycles. The van der Waals surface area contributed by atoms with Gasteiger partial charge in [-0.2, -0.15) is 0 Å². The van der Waals surface area contributed by atoms with Crippen LogP contribution in [-0.4, -0.2) is 39.6 Å². The van der Waals surface area contributed by atoms with Crippen molar-refractivity contribution in [3.8, 4) is 0 Å². The number of hydrogen-bond acceptors (Lipinski definition) is 6. The van der Waals surface area contributed by atoms with Gasteiger partial charge in [-0.1, -0.05) is 37.6 Å². The number of nitrogens with one attached hydrogen (secondary N) is 3. The van der Waals surface area contributed by atoms with Gasteiger partial charge in [-0.15, -0.1) is 0 Å². The number of halogens is 1. The number of hydrogen-bond donors (Lipinski definition) is 3. The molecule has 5 amide bonds. The molecule has 36 heavy (non-hydrogen) atoms. The van der Waals surface area contributed by atoms with Crippen molar-refractivity contribution >= 4 is 46.7 Å². The van der Waals surface area contributed by atoms with E-state index in [4.69, 9.17) is 11.6 Å². The van der Waals surface area contributed by atoms with Crippen LogP contribution in [0.4, 0.5) is 16.2 Å². The summed E-state index contributed by atoms with van der Waals surface area (Å²) in [6, 6.07) is 6.70. The molecule has 0 aliphatic carbocycles. The largest absolute Gasteiger partial charge is 0.334 e.